The van der Waals surface area contributed by atoms with Crippen molar-refractivity contribution in [1.29, 1.82) is 0 Å². The van der Waals surface area contributed by atoms with Crippen molar-refractivity contribution < 1.29 is 0 Å². The highest BCUT2D eigenvalue weighted by atomic mass is 14.9. The van der Waals surface area contributed by atoms with Crippen molar-refractivity contribution in [3.8, 4) is 78.9 Å². The monoisotopic (exact) mass is 780 g/mol. The molecular formula is C56H52N4. The number of aryl methyl sites for hydroxylation is 2. The van der Waals surface area contributed by atoms with Gasteiger partial charge in [-0.2, -0.15) is 0 Å². The zero-order valence-corrected chi connectivity index (χ0v) is 35.2. The molecule has 0 N–H and O–H groups in total. The molecule has 296 valence electrons. The van der Waals surface area contributed by atoms with Gasteiger partial charge >= 0.3 is 0 Å². The van der Waals surface area contributed by atoms with E-state index >= 15 is 0 Å². The first kappa shape index (κ1) is 39.0. The molecule has 8 aromatic rings. The van der Waals surface area contributed by atoms with Gasteiger partial charge in [-0.05, 0) is 66.8 Å². The summed E-state index contributed by atoms with van der Waals surface area (Å²) in [5.41, 5.74) is 17.7. The fourth-order valence-corrected chi connectivity index (χ4v) is 8.83. The zero-order chi connectivity index (χ0) is 41.1. The number of fused-ring (bicyclic) bond motifs is 3. The maximum Gasteiger partial charge on any atom is 0.160 e. The van der Waals surface area contributed by atoms with Crippen molar-refractivity contribution >= 4 is 0 Å². The van der Waals surface area contributed by atoms with Gasteiger partial charge in [0.1, 0.15) is 0 Å². The predicted molar refractivity (Wildman–Crippen MR) is 250 cm³/mol. The molecule has 1 aliphatic rings. The Morgan fingerprint density at radius 1 is 0.383 bits per heavy atom. The molecule has 9 rings (SSSR count). The first-order valence-electron chi connectivity index (χ1n) is 21.7. The van der Waals surface area contributed by atoms with Crippen molar-refractivity contribution in [2.75, 3.05) is 0 Å². The van der Waals surface area contributed by atoms with Gasteiger partial charge in [-0.15, -0.1) is 0 Å². The first-order valence-corrected chi connectivity index (χ1v) is 21.7. The lowest BCUT2D eigenvalue weighted by Crippen LogP contribution is -2.21. The van der Waals surface area contributed by atoms with E-state index in [1.807, 2.05) is 0 Å². The quantitative estimate of drug-likeness (QED) is 0.109. The molecule has 2 aromatic heterocycles. The summed E-state index contributed by atoms with van der Waals surface area (Å²) >= 11 is 0. The summed E-state index contributed by atoms with van der Waals surface area (Å²) in [5, 5.41) is 0. The van der Waals surface area contributed by atoms with Crippen LogP contribution < -0.4 is 0 Å². The minimum atomic E-state index is -0.203. The summed E-state index contributed by atoms with van der Waals surface area (Å²) in [6, 6.07) is 56.3. The second kappa shape index (κ2) is 17.0. The third kappa shape index (κ3) is 7.95. The number of aromatic nitrogens is 4. The van der Waals surface area contributed by atoms with Gasteiger partial charge in [0, 0.05) is 38.8 Å². The van der Waals surface area contributed by atoms with Crippen LogP contribution in [-0.2, 0) is 5.41 Å². The van der Waals surface area contributed by atoms with Crippen LogP contribution in [0.2, 0.25) is 0 Å². The topological polar surface area (TPSA) is 51.6 Å². The van der Waals surface area contributed by atoms with E-state index in [0.717, 1.165) is 74.2 Å². The summed E-state index contributed by atoms with van der Waals surface area (Å²) in [6.45, 7) is 8.99. The third-order valence-corrected chi connectivity index (χ3v) is 12.4. The SMILES string of the molecule is CCCCCCCCC1(C)c2cc(-c3cc(-c4ccccc4)nc(-c4ccc(C)cc4)n3)ccc2-c2ccc(-c3cc(-c4ccccc4)nc(-c4ccc(C)cc4)n3)cc21. The average molecular weight is 781 g/mol. The molecule has 6 aromatic carbocycles. The van der Waals surface area contributed by atoms with Crippen LogP contribution >= 0.6 is 0 Å². The Morgan fingerprint density at radius 3 is 1.20 bits per heavy atom. The maximum absolute atomic E-state index is 5.26. The molecule has 1 aliphatic carbocycles. The molecule has 0 spiro atoms. The van der Waals surface area contributed by atoms with Gasteiger partial charge in [-0.3, -0.25) is 0 Å². The van der Waals surface area contributed by atoms with Crippen LogP contribution in [0.3, 0.4) is 0 Å². The van der Waals surface area contributed by atoms with Gasteiger partial charge in [0.2, 0.25) is 0 Å². The summed E-state index contributed by atoms with van der Waals surface area (Å²) in [6.07, 6.45) is 8.60. The summed E-state index contributed by atoms with van der Waals surface area (Å²) < 4.78 is 0. The van der Waals surface area contributed by atoms with Gasteiger partial charge < -0.3 is 0 Å². The lowest BCUT2D eigenvalue weighted by atomic mass is 9.75. The minimum Gasteiger partial charge on any atom is -0.228 e. The zero-order valence-electron chi connectivity index (χ0n) is 35.2. The third-order valence-electron chi connectivity index (χ3n) is 12.4. The molecule has 4 nitrogen and oxygen atoms in total. The van der Waals surface area contributed by atoms with Crippen LogP contribution in [0.15, 0.2) is 158 Å². The van der Waals surface area contributed by atoms with Crippen LogP contribution in [0.25, 0.3) is 78.9 Å². The molecule has 60 heavy (non-hydrogen) atoms. The van der Waals surface area contributed by atoms with Crippen molar-refractivity contribution in [3.05, 3.63) is 180 Å². The highest BCUT2D eigenvalue weighted by molar-refractivity contribution is 5.86. The largest absolute Gasteiger partial charge is 0.228 e. The standard InChI is InChI=1S/C56H52N4/c1-5-6-7-8-9-16-33-56(4)48-34-44(52-36-50(40-17-12-10-13-18-40)57-54(59-52)42-25-21-38(2)22-26-42)29-31-46(48)47-32-30-45(35-49(47)56)53-37-51(41-19-14-11-15-20-41)58-55(60-53)43-27-23-39(3)24-28-43/h10-15,17-32,34-37H,5-9,16,33H2,1-4H3. The Hall–Kier alpha value is -6.52. The molecule has 0 saturated heterocycles. The molecule has 0 fully saturated rings. The Kier molecular flexibility index (Phi) is 11.0. The van der Waals surface area contributed by atoms with Gasteiger partial charge in [0.15, 0.2) is 11.6 Å². The fraction of sp³-hybridized carbons (Fsp3) is 0.214. The molecule has 0 unspecified atom stereocenters. The lowest BCUT2D eigenvalue weighted by molar-refractivity contribution is 0.481. The molecule has 4 heteroatoms. The molecular weight excluding hydrogens is 729 g/mol. The van der Waals surface area contributed by atoms with Crippen LogP contribution in [0.4, 0.5) is 0 Å². The van der Waals surface area contributed by atoms with E-state index in [1.165, 1.54) is 71.9 Å². The predicted octanol–water partition coefficient (Wildman–Crippen LogP) is 14.9. The Labute approximate surface area is 355 Å². The van der Waals surface area contributed by atoms with Crippen molar-refractivity contribution in [2.45, 2.75) is 78.1 Å². The first-order chi connectivity index (χ1) is 29.4. The number of benzene rings is 6. The molecule has 0 radical (unpaired) electrons. The fourth-order valence-electron chi connectivity index (χ4n) is 8.83. The van der Waals surface area contributed by atoms with Crippen molar-refractivity contribution in [2.24, 2.45) is 0 Å². The van der Waals surface area contributed by atoms with Crippen LogP contribution in [0.5, 0.6) is 0 Å². The second-order valence-corrected chi connectivity index (χ2v) is 16.8. The highest BCUT2D eigenvalue weighted by Crippen LogP contribution is 2.53. The Bertz CT molecular complexity index is 2570. The number of nitrogens with zero attached hydrogens (tertiary/aromatic N) is 4. The Balaban J connectivity index is 1.16. The number of rotatable bonds is 13. The second-order valence-electron chi connectivity index (χ2n) is 16.8. The van der Waals surface area contributed by atoms with Gasteiger partial charge in [-0.1, -0.05) is 197 Å². The lowest BCUT2D eigenvalue weighted by Gasteiger charge is -2.28. The van der Waals surface area contributed by atoms with Gasteiger partial charge in [0.25, 0.3) is 0 Å². The van der Waals surface area contributed by atoms with Crippen LogP contribution in [-0.4, -0.2) is 19.9 Å². The molecule has 0 aliphatic heterocycles. The smallest absolute Gasteiger partial charge is 0.160 e. The van der Waals surface area contributed by atoms with E-state index < -0.39 is 0 Å². The molecule has 0 bridgehead atoms. The normalized spacial score (nSPS) is 12.6. The summed E-state index contributed by atoms with van der Waals surface area (Å²) in [4.78, 5) is 20.7. The van der Waals surface area contributed by atoms with Gasteiger partial charge in [-0.25, -0.2) is 19.9 Å². The van der Waals surface area contributed by atoms with Crippen molar-refractivity contribution in [1.82, 2.24) is 19.9 Å². The number of unbranched alkanes of at least 4 members (excludes halogenated alkanes) is 5. The van der Waals surface area contributed by atoms with E-state index in [9.17, 15) is 0 Å². The molecule has 0 amide bonds. The number of hydrogen-bond acceptors (Lipinski definition) is 4. The minimum absolute atomic E-state index is 0.203. The van der Waals surface area contributed by atoms with Crippen LogP contribution in [0, 0.1) is 13.8 Å². The van der Waals surface area contributed by atoms with E-state index in [1.54, 1.807) is 0 Å². The molecule has 2 heterocycles. The Morgan fingerprint density at radius 2 is 0.767 bits per heavy atom. The summed E-state index contributed by atoms with van der Waals surface area (Å²) in [5.74, 6) is 1.47. The van der Waals surface area contributed by atoms with E-state index in [2.05, 4.69) is 185 Å². The maximum atomic E-state index is 5.26. The molecule has 0 atom stereocenters. The van der Waals surface area contributed by atoms with Crippen LogP contribution in [0.1, 0.15) is 81.0 Å². The highest BCUT2D eigenvalue weighted by Gasteiger charge is 2.39. The van der Waals surface area contributed by atoms with E-state index in [0.29, 0.717) is 0 Å². The van der Waals surface area contributed by atoms with E-state index in [-0.39, 0.29) is 5.41 Å². The van der Waals surface area contributed by atoms with Gasteiger partial charge in [0.05, 0.1) is 22.8 Å². The summed E-state index contributed by atoms with van der Waals surface area (Å²) in [7, 11) is 0. The molecule has 0 saturated carbocycles. The average Bonchev–Trinajstić information content (AvgIpc) is 3.54. The number of hydrogen-bond donors (Lipinski definition) is 0. The van der Waals surface area contributed by atoms with Crippen molar-refractivity contribution in [3.63, 3.8) is 0 Å². The van der Waals surface area contributed by atoms with E-state index in [4.69, 9.17) is 19.9 Å².